The Morgan fingerprint density at radius 2 is 2.32 bits per heavy atom. The molecule has 7 nitrogen and oxygen atoms in total. The van der Waals surface area contributed by atoms with Crippen LogP contribution in [0.25, 0.3) is 0 Å². The van der Waals surface area contributed by atoms with Gasteiger partial charge in [0.2, 0.25) is 11.6 Å². The number of aromatic nitrogens is 2. The lowest BCUT2D eigenvalue weighted by molar-refractivity contribution is -0.383. The van der Waals surface area contributed by atoms with Gasteiger partial charge in [-0.3, -0.25) is 10.1 Å². The van der Waals surface area contributed by atoms with E-state index in [2.05, 4.69) is 22.2 Å². The van der Waals surface area contributed by atoms with E-state index in [1.807, 2.05) is 0 Å². The van der Waals surface area contributed by atoms with Crippen LogP contribution in [0.5, 0.6) is 0 Å². The molecule has 1 aliphatic rings. The predicted molar refractivity (Wildman–Crippen MR) is 72.8 cm³/mol. The molecule has 0 aromatic carbocycles. The number of nitrogen functional groups attached to an aromatic ring is 1. The van der Waals surface area contributed by atoms with Crippen LogP contribution in [0.15, 0.2) is 6.33 Å². The minimum Gasteiger partial charge on any atom is -0.378 e. The van der Waals surface area contributed by atoms with Gasteiger partial charge in [0.15, 0.2) is 0 Å². The van der Waals surface area contributed by atoms with Crippen molar-refractivity contribution in [3.05, 3.63) is 16.4 Å². The van der Waals surface area contributed by atoms with Gasteiger partial charge in [0.25, 0.3) is 0 Å². The van der Waals surface area contributed by atoms with Gasteiger partial charge in [-0.15, -0.1) is 0 Å². The van der Waals surface area contributed by atoms with Gasteiger partial charge in [0, 0.05) is 6.04 Å². The summed E-state index contributed by atoms with van der Waals surface area (Å²) >= 11 is 0. The second kappa shape index (κ2) is 5.81. The van der Waals surface area contributed by atoms with Crippen molar-refractivity contribution in [1.29, 1.82) is 0 Å². The van der Waals surface area contributed by atoms with Crippen molar-refractivity contribution in [3.63, 3.8) is 0 Å². The molecule has 0 amide bonds. The van der Waals surface area contributed by atoms with Crippen molar-refractivity contribution in [3.8, 4) is 0 Å². The Labute approximate surface area is 111 Å². The second-order valence-corrected chi connectivity index (χ2v) is 5.00. The Kier molecular flexibility index (Phi) is 4.13. The Hall–Kier alpha value is -1.92. The summed E-state index contributed by atoms with van der Waals surface area (Å²) in [6.45, 7) is 2.18. The molecule has 1 heterocycles. The van der Waals surface area contributed by atoms with Crippen LogP contribution < -0.4 is 11.1 Å². The maximum atomic E-state index is 11.0. The highest BCUT2D eigenvalue weighted by Crippen LogP contribution is 2.32. The Morgan fingerprint density at radius 1 is 1.53 bits per heavy atom. The molecule has 0 saturated heterocycles. The van der Waals surface area contributed by atoms with Crippen molar-refractivity contribution in [2.75, 3.05) is 11.1 Å². The van der Waals surface area contributed by atoms with E-state index in [-0.39, 0.29) is 23.4 Å². The highest BCUT2D eigenvalue weighted by atomic mass is 16.6. The molecule has 19 heavy (non-hydrogen) atoms. The zero-order valence-corrected chi connectivity index (χ0v) is 11.0. The summed E-state index contributed by atoms with van der Waals surface area (Å²) in [5.74, 6) is 0.828. The van der Waals surface area contributed by atoms with Crippen molar-refractivity contribution < 1.29 is 4.92 Å². The molecule has 0 bridgehead atoms. The number of hydrogen-bond donors (Lipinski definition) is 2. The molecular formula is C12H19N5O2. The number of anilines is 2. The molecule has 0 radical (unpaired) electrons. The third-order valence-electron chi connectivity index (χ3n) is 3.73. The van der Waals surface area contributed by atoms with Crippen LogP contribution in [-0.4, -0.2) is 20.9 Å². The molecule has 1 aromatic heterocycles. The molecule has 1 fully saturated rings. The normalized spacial score (nSPS) is 23.0. The maximum Gasteiger partial charge on any atom is 0.352 e. The van der Waals surface area contributed by atoms with E-state index in [9.17, 15) is 10.1 Å². The minimum absolute atomic E-state index is 0.0923. The number of nitrogens with two attached hydrogens (primary N) is 1. The number of hydrogen-bond acceptors (Lipinski definition) is 6. The summed E-state index contributed by atoms with van der Waals surface area (Å²) in [4.78, 5) is 18.1. The quantitative estimate of drug-likeness (QED) is 0.639. The SMILES string of the molecule is CCC1CCCC(Nc2ncnc(N)c2[N+](=O)[O-])C1. The first kappa shape index (κ1) is 13.5. The molecular weight excluding hydrogens is 246 g/mol. The lowest BCUT2D eigenvalue weighted by Gasteiger charge is -2.29. The van der Waals surface area contributed by atoms with E-state index >= 15 is 0 Å². The molecule has 2 rings (SSSR count). The molecule has 3 N–H and O–H groups in total. The summed E-state index contributed by atoms with van der Waals surface area (Å²) < 4.78 is 0. The smallest absolute Gasteiger partial charge is 0.352 e. The Balaban J connectivity index is 2.14. The second-order valence-electron chi connectivity index (χ2n) is 5.00. The largest absolute Gasteiger partial charge is 0.378 e. The zero-order chi connectivity index (χ0) is 13.8. The fraction of sp³-hybridized carbons (Fsp3) is 0.667. The highest BCUT2D eigenvalue weighted by molar-refractivity contribution is 5.67. The summed E-state index contributed by atoms with van der Waals surface area (Å²) in [5.41, 5.74) is 5.33. The predicted octanol–water partition coefficient (Wildman–Crippen LogP) is 2.35. The van der Waals surface area contributed by atoms with E-state index in [4.69, 9.17) is 5.73 Å². The van der Waals surface area contributed by atoms with Gasteiger partial charge in [-0.05, 0) is 18.8 Å². The minimum atomic E-state index is -0.530. The highest BCUT2D eigenvalue weighted by Gasteiger charge is 2.26. The van der Waals surface area contributed by atoms with Crippen LogP contribution >= 0.6 is 0 Å². The summed E-state index contributed by atoms with van der Waals surface area (Å²) in [5, 5.41) is 14.2. The van der Waals surface area contributed by atoms with E-state index in [1.165, 1.54) is 12.7 Å². The topological polar surface area (TPSA) is 107 Å². The number of nitro groups is 1. The van der Waals surface area contributed by atoms with Crippen LogP contribution in [-0.2, 0) is 0 Å². The van der Waals surface area contributed by atoms with Gasteiger partial charge in [-0.1, -0.05) is 26.2 Å². The van der Waals surface area contributed by atoms with Gasteiger partial charge in [0.1, 0.15) is 6.33 Å². The summed E-state index contributed by atoms with van der Waals surface area (Å²) in [7, 11) is 0. The average molecular weight is 265 g/mol. The third kappa shape index (κ3) is 3.10. The van der Waals surface area contributed by atoms with Gasteiger partial charge in [0.05, 0.1) is 4.92 Å². The number of rotatable bonds is 4. The first-order valence-electron chi connectivity index (χ1n) is 6.63. The number of nitrogens with zero attached hydrogens (tertiary/aromatic N) is 3. The van der Waals surface area contributed by atoms with Crippen LogP contribution in [0, 0.1) is 16.0 Å². The van der Waals surface area contributed by atoms with Gasteiger partial charge in [-0.25, -0.2) is 9.97 Å². The standard InChI is InChI=1S/C12H19N5O2/c1-2-8-4-3-5-9(6-8)16-12-10(17(18)19)11(13)14-7-15-12/h7-9H,2-6H2,1H3,(H3,13,14,15,16). The molecule has 1 aliphatic carbocycles. The molecule has 7 heteroatoms. The van der Waals surface area contributed by atoms with Crippen molar-refractivity contribution >= 4 is 17.3 Å². The van der Waals surface area contributed by atoms with E-state index < -0.39 is 4.92 Å². The average Bonchev–Trinajstić information content (AvgIpc) is 2.38. The zero-order valence-electron chi connectivity index (χ0n) is 11.0. The van der Waals surface area contributed by atoms with Crippen molar-refractivity contribution in [2.45, 2.75) is 45.1 Å². The molecule has 1 saturated carbocycles. The maximum absolute atomic E-state index is 11.0. The Morgan fingerprint density at radius 3 is 3.00 bits per heavy atom. The summed E-state index contributed by atoms with van der Waals surface area (Å²) in [6.07, 6.45) is 6.82. The fourth-order valence-corrected chi connectivity index (χ4v) is 2.66. The van der Waals surface area contributed by atoms with Crippen molar-refractivity contribution in [1.82, 2.24) is 9.97 Å². The first-order valence-corrected chi connectivity index (χ1v) is 6.63. The fourth-order valence-electron chi connectivity index (χ4n) is 2.66. The third-order valence-corrected chi connectivity index (χ3v) is 3.73. The summed E-state index contributed by atoms with van der Waals surface area (Å²) in [6, 6.07) is 0.228. The van der Waals surface area contributed by atoms with Gasteiger partial charge in [-0.2, -0.15) is 0 Å². The van der Waals surface area contributed by atoms with Crippen LogP contribution in [0.4, 0.5) is 17.3 Å². The van der Waals surface area contributed by atoms with E-state index in [0.29, 0.717) is 5.92 Å². The van der Waals surface area contributed by atoms with Crippen LogP contribution in [0.3, 0.4) is 0 Å². The monoisotopic (exact) mass is 265 g/mol. The number of nitrogens with one attached hydrogen (secondary N) is 1. The molecule has 1 aromatic rings. The lowest BCUT2D eigenvalue weighted by atomic mass is 9.84. The Bertz CT molecular complexity index is 465. The van der Waals surface area contributed by atoms with E-state index in [0.717, 1.165) is 25.7 Å². The molecule has 2 atom stereocenters. The van der Waals surface area contributed by atoms with E-state index in [1.54, 1.807) is 0 Å². The molecule has 0 spiro atoms. The first-order chi connectivity index (χ1) is 9.11. The molecule has 2 unspecified atom stereocenters. The van der Waals surface area contributed by atoms with Gasteiger partial charge >= 0.3 is 5.69 Å². The van der Waals surface area contributed by atoms with Crippen LogP contribution in [0.2, 0.25) is 0 Å². The van der Waals surface area contributed by atoms with Gasteiger partial charge < -0.3 is 11.1 Å². The lowest BCUT2D eigenvalue weighted by Crippen LogP contribution is -2.28. The van der Waals surface area contributed by atoms with Crippen molar-refractivity contribution in [2.24, 2.45) is 5.92 Å². The van der Waals surface area contributed by atoms with Crippen LogP contribution in [0.1, 0.15) is 39.0 Å². The molecule has 0 aliphatic heterocycles. The molecule has 104 valence electrons.